The largest absolute Gasteiger partial charge is 0.462 e. The molecule has 3 rings (SSSR count). The molecular formula is C22H23N5O7. The number of nitrogens with zero attached hydrogens (tertiary/aromatic N) is 3. The van der Waals surface area contributed by atoms with Crippen LogP contribution in [0, 0.1) is 10.1 Å². The normalized spacial score (nSPS) is 12.8. The zero-order chi connectivity index (χ0) is 24.8. The summed E-state index contributed by atoms with van der Waals surface area (Å²) in [6.45, 7) is 3.60. The third-order valence-electron chi connectivity index (χ3n) is 4.88. The molecular weight excluding hydrogens is 446 g/mol. The molecule has 0 radical (unpaired) electrons. The molecule has 0 spiro atoms. The minimum absolute atomic E-state index is 0.00943. The fourth-order valence-electron chi connectivity index (χ4n) is 3.42. The Kier molecular flexibility index (Phi) is 7.41. The number of nitrogens with one attached hydrogen (secondary N) is 2. The van der Waals surface area contributed by atoms with E-state index in [0.717, 1.165) is 6.07 Å². The third-order valence-corrected chi connectivity index (χ3v) is 4.88. The van der Waals surface area contributed by atoms with Crippen molar-refractivity contribution in [1.82, 2.24) is 10.0 Å². The van der Waals surface area contributed by atoms with Gasteiger partial charge in [0.25, 0.3) is 11.6 Å². The van der Waals surface area contributed by atoms with Crippen LogP contribution in [0.1, 0.15) is 41.0 Å². The molecule has 0 saturated carbocycles. The van der Waals surface area contributed by atoms with Gasteiger partial charge in [-0.3, -0.25) is 19.7 Å². The first-order chi connectivity index (χ1) is 16.2. The van der Waals surface area contributed by atoms with Crippen molar-refractivity contribution in [2.45, 2.75) is 20.3 Å². The Morgan fingerprint density at radius 2 is 1.76 bits per heavy atom. The van der Waals surface area contributed by atoms with Gasteiger partial charge in [0.15, 0.2) is 0 Å². The molecule has 0 unspecified atom stereocenters. The van der Waals surface area contributed by atoms with Crippen LogP contribution in [0.5, 0.6) is 0 Å². The second kappa shape index (κ2) is 10.4. The number of carbonyl (C=O) groups excluding carboxylic acids is 4. The van der Waals surface area contributed by atoms with E-state index in [1.165, 1.54) is 35.1 Å². The lowest BCUT2D eigenvalue weighted by molar-refractivity contribution is -0.384. The average Bonchev–Trinajstić information content (AvgIpc) is 3.29. The van der Waals surface area contributed by atoms with Crippen LogP contribution in [0.2, 0.25) is 0 Å². The van der Waals surface area contributed by atoms with E-state index in [1.54, 1.807) is 25.1 Å². The second-order valence-electron chi connectivity index (χ2n) is 7.31. The molecule has 34 heavy (non-hydrogen) atoms. The molecule has 1 aliphatic rings. The van der Waals surface area contributed by atoms with Crippen LogP contribution < -0.4 is 10.6 Å². The van der Waals surface area contributed by atoms with Crippen molar-refractivity contribution in [1.29, 1.82) is 0 Å². The number of hydrazine groups is 1. The standard InChI is InChI=1S/C22H23N5O7/c1-3-34-21(30)16-6-4-7-17(12-16)24-22(31)26-11-5-10-25(26)20(29)15-8-9-18(23-14(2)28)19(13-15)27(32)33/h4,6-9,12-13H,3,5,10-11H2,1-2H3,(H,23,28)(H,24,31). The maximum atomic E-state index is 13.1. The van der Waals surface area contributed by atoms with Crippen molar-refractivity contribution in [3.8, 4) is 0 Å². The van der Waals surface area contributed by atoms with E-state index in [0.29, 0.717) is 12.1 Å². The highest BCUT2D eigenvalue weighted by molar-refractivity contribution is 6.00. The van der Waals surface area contributed by atoms with E-state index in [1.807, 2.05) is 0 Å². The molecule has 2 aromatic carbocycles. The minimum atomic E-state index is -0.701. The lowest BCUT2D eigenvalue weighted by Crippen LogP contribution is -2.46. The summed E-state index contributed by atoms with van der Waals surface area (Å²) in [5.41, 5.74) is 0.120. The molecule has 1 saturated heterocycles. The first-order valence-electron chi connectivity index (χ1n) is 10.4. The summed E-state index contributed by atoms with van der Waals surface area (Å²) in [7, 11) is 0. The number of benzene rings is 2. The van der Waals surface area contributed by atoms with E-state index < -0.39 is 34.4 Å². The number of urea groups is 1. The zero-order valence-electron chi connectivity index (χ0n) is 18.6. The number of hydrogen-bond donors (Lipinski definition) is 2. The summed E-state index contributed by atoms with van der Waals surface area (Å²) < 4.78 is 4.96. The Morgan fingerprint density at radius 1 is 1.03 bits per heavy atom. The highest BCUT2D eigenvalue weighted by Crippen LogP contribution is 2.27. The van der Waals surface area contributed by atoms with E-state index in [2.05, 4.69) is 10.6 Å². The number of amides is 4. The van der Waals surface area contributed by atoms with Crippen molar-refractivity contribution in [2.75, 3.05) is 30.3 Å². The molecule has 2 aromatic rings. The van der Waals surface area contributed by atoms with Crippen LogP contribution >= 0.6 is 0 Å². The van der Waals surface area contributed by atoms with Crippen LogP contribution in [0.25, 0.3) is 0 Å². The first kappa shape index (κ1) is 24.2. The van der Waals surface area contributed by atoms with Crippen molar-refractivity contribution in [3.63, 3.8) is 0 Å². The SMILES string of the molecule is CCOC(=O)c1cccc(NC(=O)N2CCCN2C(=O)c2ccc(NC(C)=O)c([N+](=O)[O-])c2)c1. The van der Waals surface area contributed by atoms with Gasteiger partial charge in [0, 0.05) is 37.3 Å². The van der Waals surface area contributed by atoms with Crippen LogP contribution in [-0.2, 0) is 9.53 Å². The van der Waals surface area contributed by atoms with Gasteiger partial charge in [-0.05, 0) is 43.7 Å². The van der Waals surface area contributed by atoms with Crippen molar-refractivity contribution >= 4 is 40.9 Å². The monoisotopic (exact) mass is 469 g/mol. The summed E-state index contributed by atoms with van der Waals surface area (Å²) in [6, 6.07) is 9.27. The number of hydrogen-bond acceptors (Lipinski definition) is 7. The van der Waals surface area contributed by atoms with E-state index in [9.17, 15) is 29.3 Å². The third kappa shape index (κ3) is 5.46. The van der Waals surface area contributed by atoms with Gasteiger partial charge >= 0.3 is 12.0 Å². The molecule has 1 aliphatic heterocycles. The molecule has 0 atom stereocenters. The maximum Gasteiger partial charge on any atom is 0.340 e. The fraction of sp³-hybridized carbons (Fsp3) is 0.273. The smallest absolute Gasteiger partial charge is 0.340 e. The number of nitro groups is 1. The number of rotatable bonds is 6. The van der Waals surface area contributed by atoms with Crippen molar-refractivity contribution < 1.29 is 28.8 Å². The fourth-order valence-corrected chi connectivity index (χ4v) is 3.42. The quantitative estimate of drug-likeness (QED) is 0.375. The average molecular weight is 469 g/mol. The van der Waals surface area contributed by atoms with Gasteiger partial charge in [0.05, 0.1) is 17.1 Å². The van der Waals surface area contributed by atoms with Gasteiger partial charge in [0.2, 0.25) is 5.91 Å². The predicted octanol–water partition coefficient (Wildman–Crippen LogP) is 3.02. The Morgan fingerprint density at radius 3 is 2.44 bits per heavy atom. The van der Waals surface area contributed by atoms with Gasteiger partial charge in [0.1, 0.15) is 5.69 Å². The summed E-state index contributed by atoms with van der Waals surface area (Å²) in [6.07, 6.45) is 0.508. The summed E-state index contributed by atoms with van der Waals surface area (Å²) in [5, 5.41) is 18.8. The number of anilines is 2. The van der Waals surface area contributed by atoms with E-state index in [4.69, 9.17) is 4.74 Å². The number of ether oxygens (including phenoxy) is 1. The summed E-state index contributed by atoms with van der Waals surface area (Å²) >= 11 is 0. The molecule has 0 bridgehead atoms. The van der Waals surface area contributed by atoms with Crippen molar-refractivity contribution in [3.05, 3.63) is 63.7 Å². The highest BCUT2D eigenvalue weighted by atomic mass is 16.6. The van der Waals surface area contributed by atoms with Crippen LogP contribution in [0.3, 0.4) is 0 Å². The molecule has 1 heterocycles. The molecule has 2 N–H and O–H groups in total. The molecule has 12 heteroatoms. The number of nitro benzene ring substituents is 1. The van der Waals surface area contributed by atoms with Gasteiger partial charge in [-0.2, -0.15) is 0 Å². The van der Waals surface area contributed by atoms with Crippen LogP contribution in [-0.4, -0.2) is 58.5 Å². The molecule has 0 aromatic heterocycles. The molecule has 0 aliphatic carbocycles. The van der Waals surface area contributed by atoms with Gasteiger partial charge in [-0.15, -0.1) is 0 Å². The zero-order valence-corrected chi connectivity index (χ0v) is 18.6. The minimum Gasteiger partial charge on any atom is -0.462 e. The van der Waals surface area contributed by atoms with Gasteiger partial charge < -0.3 is 15.4 Å². The number of esters is 1. The van der Waals surface area contributed by atoms with Crippen molar-refractivity contribution in [2.24, 2.45) is 0 Å². The Labute approximate surface area is 194 Å². The Bertz CT molecular complexity index is 1150. The number of carbonyl (C=O) groups is 4. The lowest BCUT2D eigenvalue weighted by Gasteiger charge is -2.28. The Balaban J connectivity index is 1.78. The first-order valence-corrected chi connectivity index (χ1v) is 10.4. The Hall–Kier alpha value is -4.48. The van der Waals surface area contributed by atoms with Gasteiger partial charge in [-0.1, -0.05) is 6.07 Å². The molecule has 4 amide bonds. The van der Waals surface area contributed by atoms with E-state index >= 15 is 0 Å². The lowest BCUT2D eigenvalue weighted by atomic mass is 10.1. The topological polar surface area (TPSA) is 151 Å². The predicted molar refractivity (Wildman–Crippen MR) is 121 cm³/mol. The van der Waals surface area contributed by atoms with E-state index in [-0.39, 0.29) is 36.5 Å². The van der Waals surface area contributed by atoms with Gasteiger partial charge in [-0.25, -0.2) is 19.6 Å². The van der Waals surface area contributed by atoms with Crippen LogP contribution in [0.15, 0.2) is 42.5 Å². The van der Waals surface area contributed by atoms with Crippen LogP contribution in [0.4, 0.5) is 21.9 Å². The molecule has 178 valence electrons. The summed E-state index contributed by atoms with van der Waals surface area (Å²) in [5.74, 6) is -1.62. The molecule has 1 fully saturated rings. The summed E-state index contributed by atoms with van der Waals surface area (Å²) in [4.78, 5) is 59.9. The highest BCUT2D eigenvalue weighted by Gasteiger charge is 2.32. The maximum absolute atomic E-state index is 13.1. The molecule has 12 nitrogen and oxygen atoms in total. The second-order valence-corrected chi connectivity index (χ2v) is 7.31.